The Morgan fingerprint density at radius 3 is 2.42 bits per heavy atom. The fraction of sp³-hybridized carbons (Fsp3) is 0.500. The molecule has 0 unspecified atom stereocenters. The number of rotatable bonds is 8. The van der Waals surface area contributed by atoms with E-state index in [9.17, 15) is 0 Å². The van der Waals surface area contributed by atoms with Gasteiger partial charge in [0.15, 0.2) is 0 Å². The zero-order valence-corrected chi connectivity index (χ0v) is 16.8. The Hall–Kier alpha value is 0.380. The fourth-order valence-electron chi connectivity index (χ4n) is 1.36. The van der Waals surface area contributed by atoms with Crippen LogP contribution in [0.5, 0.6) is 0 Å². The molecule has 0 saturated carbocycles. The van der Waals surface area contributed by atoms with Gasteiger partial charge in [-0.25, -0.2) is 0 Å². The summed E-state index contributed by atoms with van der Waals surface area (Å²) in [7, 11) is 1.78. The predicted octanol–water partition coefficient (Wildman–Crippen LogP) is 2.45. The summed E-state index contributed by atoms with van der Waals surface area (Å²) in [4.78, 5) is 0. The van der Waals surface area contributed by atoms with Gasteiger partial charge in [-0.15, -0.1) is 0 Å². The molecule has 0 N–H and O–H groups in total. The third kappa shape index (κ3) is 9.85. The average Bonchev–Trinajstić information content (AvgIpc) is 2.39. The molecule has 0 fully saturated rings. The molecule has 19 heavy (non-hydrogen) atoms. The van der Waals surface area contributed by atoms with Crippen molar-refractivity contribution in [2.45, 2.75) is 40.2 Å². The quantitative estimate of drug-likeness (QED) is 0.378. The third-order valence-corrected chi connectivity index (χ3v) is 7.15. The van der Waals surface area contributed by atoms with Crippen LogP contribution < -0.4 is 17.2 Å². The molecular formula is C16H25I2O-. The van der Waals surface area contributed by atoms with Crippen LogP contribution in [0, 0.1) is 5.92 Å². The average molecular weight is 487 g/mol. The van der Waals surface area contributed by atoms with E-state index >= 15 is 0 Å². The Morgan fingerprint density at radius 2 is 1.95 bits per heavy atom. The van der Waals surface area contributed by atoms with Gasteiger partial charge < -0.3 is 0 Å². The molecule has 0 aliphatic heterocycles. The first kappa shape index (κ1) is 19.4. The summed E-state index contributed by atoms with van der Waals surface area (Å²) in [6.07, 6.45) is 14.3. The first-order valence-electron chi connectivity index (χ1n) is 6.57. The molecular weight excluding hydrogens is 462 g/mol. The van der Waals surface area contributed by atoms with Gasteiger partial charge in [-0.2, -0.15) is 0 Å². The van der Waals surface area contributed by atoms with Gasteiger partial charge in [0, 0.05) is 0 Å². The molecule has 1 nitrogen and oxygen atoms in total. The molecule has 0 aliphatic carbocycles. The van der Waals surface area contributed by atoms with Crippen molar-refractivity contribution < 1.29 is 22.0 Å². The molecule has 0 aromatic rings. The SMILES string of the molecule is CC[C@@H](/C=C([I-]I)/C(C)=C/C=C/C=C/C(C)C)OC. The van der Waals surface area contributed by atoms with Gasteiger partial charge in [0.05, 0.1) is 0 Å². The molecule has 0 rings (SSSR count). The number of methoxy groups -OCH3 is 1. The van der Waals surface area contributed by atoms with E-state index in [1.54, 1.807) is 7.11 Å². The molecule has 0 heterocycles. The van der Waals surface area contributed by atoms with E-state index in [2.05, 4.69) is 82.8 Å². The van der Waals surface area contributed by atoms with Crippen LogP contribution in [0.3, 0.4) is 0 Å². The Labute approximate surface area is 138 Å². The molecule has 0 bridgehead atoms. The number of allylic oxidation sites excluding steroid dienone is 7. The predicted molar refractivity (Wildman–Crippen MR) is 90.1 cm³/mol. The van der Waals surface area contributed by atoms with Crippen molar-refractivity contribution in [2.75, 3.05) is 7.11 Å². The molecule has 0 aromatic carbocycles. The van der Waals surface area contributed by atoms with E-state index in [0.717, 1.165) is 6.42 Å². The topological polar surface area (TPSA) is 9.23 Å². The van der Waals surface area contributed by atoms with Crippen molar-refractivity contribution >= 4 is 18.6 Å². The number of ether oxygens (including phenoxy) is 1. The molecule has 110 valence electrons. The second kappa shape index (κ2) is 12.1. The molecule has 0 aromatic heterocycles. The van der Waals surface area contributed by atoms with Crippen LogP contribution >= 0.6 is 18.6 Å². The third-order valence-electron chi connectivity index (χ3n) is 2.56. The van der Waals surface area contributed by atoms with Gasteiger partial charge in [0.25, 0.3) is 0 Å². The Balaban J connectivity index is 4.70. The second-order valence-electron chi connectivity index (χ2n) is 4.63. The molecule has 1 atom stereocenters. The van der Waals surface area contributed by atoms with Crippen LogP contribution in [0.2, 0.25) is 0 Å². The van der Waals surface area contributed by atoms with Crippen LogP contribution in [0.15, 0.2) is 45.6 Å². The summed E-state index contributed by atoms with van der Waals surface area (Å²) in [5.74, 6) is 0.609. The fourth-order valence-corrected chi connectivity index (χ4v) is 5.46. The zero-order valence-electron chi connectivity index (χ0n) is 12.5. The van der Waals surface area contributed by atoms with Gasteiger partial charge in [-0.1, -0.05) is 0 Å². The summed E-state index contributed by atoms with van der Waals surface area (Å²) in [5, 5.41) is 0. The molecule has 0 saturated heterocycles. The van der Waals surface area contributed by atoms with Gasteiger partial charge >= 0.3 is 139 Å². The Kier molecular flexibility index (Phi) is 12.4. The summed E-state index contributed by atoms with van der Waals surface area (Å²) in [5.41, 5.74) is 1.35. The minimum absolute atomic E-state index is 0.0497. The summed E-state index contributed by atoms with van der Waals surface area (Å²) < 4.78 is 6.90. The maximum atomic E-state index is 5.43. The summed E-state index contributed by atoms with van der Waals surface area (Å²) in [6, 6.07) is 0. The van der Waals surface area contributed by atoms with E-state index in [4.69, 9.17) is 4.74 Å². The standard InChI is InChI=1S/C16H25I2O/c1-6-15(19-5)12-16(18-17)14(4)11-9-7-8-10-13(2)3/h7-13,15H,6H2,1-5H3/q-1/b9-7+,10-8+,14-11+,16-12-/t15-/m0/s1. The van der Waals surface area contributed by atoms with E-state index in [-0.39, 0.29) is 23.3 Å². The second-order valence-corrected chi connectivity index (χ2v) is 8.94. The van der Waals surface area contributed by atoms with Crippen LogP contribution in [-0.4, -0.2) is 13.2 Å². The van der Waals surface area contributed by atoms with E-state index in [1.165, 1.54) is 9.15 Å². The van der Waals surface area contributed by atoms with Gasteiger partial charge in [0.1, 0.15) is 0 Å². The van der Waals surface area contributed by atoms with Crippen LogP contribution in [0.25, 0.3) is 0 Å². The van der Waals surface area contributed by atoms with E-state index < -0.39 is 0 Å². The van der Waals surface area contributed by atoms with Gasteiger partial charge in [-0.05, 0) is 0 Å². The Morgan fingerprint density at radius 1 is 1.26 bits per heavy atom. The van der Waals surface area contributed by atoms with Crippen molar-refractivity contribution in [1.82, 2.24) is 0 Å². The maximum absolute atomic E-state index is 5.43. The number of hydrogen-bond donors (Lipinski definition) is 0. The van der Waals surface area contributed by atoms with Crippen molar-refractivity contribution in [2.24, 2.45) is 5.92 Å². The first-order valence-corrected chi connectivity index (χ1v) is 13.9. The Bertz CT molecular complexity index is 348. The van der Waals surface area contributed by atoms with Crippen molar-refractivity contribution in [3.63, 3.8) is 0 Å². The van der Waals surface area contributed by atoms with Crippen LogP contribution in [-0.2, 0) is 4.74 Å². The van der Waals surface area contributed by atoms with Crippen molar-refractivity contribution in [3.8, 4) is 0 Å². The van der Waals surface area contributed by atoms with Crippen LogP contribution in [0.4, 0.5) is 0 Å². The molecule has 0 radical (unpaired) electrons. The molecule has 0 spiro atoms. The van der Waals surface area contributed by atoms with Gasteiger partial charge in [0.2, 0.25) is 0 Å². The number of hydrogen-bond acceptors (Lipinski definition) is 1. The zero-order chi connectivity index (χ0) is 14.7. The number of halogens is 2. The van der Waals surface area contributed by atoms with Crippen molar-refractivity contribution in [3.05, 3.63) is 45.6 Å². The normalized spacial score (nSPS) is 16.2. The molecule has 0 aliphatic rings. The summed E-state index contributed by atoms with van der Waals surface area (Å²) >= 11 is 2.56. The van der Waals surface area contributed by atoms with Gasteiger partial charge in [-0.3, -0.25) is 0 Å². The molecule has 3 heteroatoms. The van der Waals surface area contributed by atoms with E-state index in [1.807, 2.05) is 0 Å². The van der Waals surface area contributed by atoms with Crippen molar-refractivity contribution in [1.29, 1.82) is 0 Å². The van der Waals surface area contributed by atoms with E-state index in [0.29, 0.717) is 5.92 Å². The van der Waals surface area contributed by atoms with Crippen LogP contribution in [0.1, 0.15) is 34.1 Å². The first-order chi connectivity index (χ1) is 9.04. The minimum atomic E-state index is 0.0497. The molecule has 0 amide bonds. The monoisotopic (exact) mass is 487 g/mol. The summed E-state index contributed by atoms with van der Waals surface area (Å²) in [6.45, 7) is 8.71.